The van der Waals surface area contributed by atoms with Gasteiger partial charge in [0.1, 0.15) is 5.82 Å². The monoisotopic (exact) mass is 209 g/mol. The van der Waals surface area contributed by atoms with Crippen LogP contribution in [0.3, 0.4) is 0 Å². The van der Waals surface area contributed by atoms with Gasteiger partial charge in [0.25, 0.3) is 0 Å². The number of morpholine rings is 1. The summed E-state index contributed by atoms with van der Waals surface area (Å²) in [4.78, 5) is 13.1. The molecule has 0 amide bonds. The summed E-state index contributed by atoms with van der Waals surface area (Å²) in [6.07, 6.45) is 0.882. The SMILES string of the molecule is Cc1nn(C)c(N2CCOCC2)c1C=O. The fraction of sp³-hybridized carbons (Fsp3) is 0.600. The lowest BCUT2D eigenvalue weighted by atomic mass is 10.2. The summed E-state index contributed by atoms with van der Waals surface area (Å²) in [5, 5.41) is 4.26. The van der Waals surface area contributed by atoms with E-state index in [2.05, 4.69) is 10.00 Å². The minimum Gasteiger partial charge on any atom is -0.378 e. The number of ether oxygens (including phenoxy) is 1. The summed E-state index contributed by atoms with van der Waals surface area (Å²) in [7, 11) is 1.87. The zero-order valence-corrected chi connectivity index (χ0v) is 9.06. The number of hydrogen-bond acceptors (Lipinski definition) is 4. The van der Waals surface area contributed by atoms with Crippen LogP contribution in [0.5, 0.6) is 0 Å². The van der Waals surface area contributed by atoms with Gasteiger partial charge < -0.3 is 9.64 Å². The highest BCUT2D eigenvalue weighted by Crippen LogP contribution is 2.21. The van der Waals surface area contributed by atoms with Gasteiger partial charge in [0.15, 0.2) is 6.29 Å². The van der Waals surface area contributed by atoms with E-state index in [1.54, 1.807) is 4.68 Å². The average molecular weight is 209 g/mol. The number of nitrogens with zero attached hydrogens (tertiary/aromatic N) is 3. The molecule has 1 saturated heterocycles. The Morgan fingerprint density at radius 2 is 2.07 bits per heavy atom. The summed E-state index contributed by atoms with van der Waals surface area (Å²) in [6, 6.07) is 0. The molecule has 0 aromatic carbocycles. The maximum absolute atomic E-state index is 11.0. The lowest BCUT2D eigenvalue weighted by Gasteiger charge is -2.28. The fourth-order valence-electron chi connectivity index (χ4n) is 1.95. The lowest BCUT2D eigenvalue weighted by Crippen LogP contribution is -2.37. The molecule has 15 heavy (non-hydrogen) atoms. The van der Waals surface area contributed by atoms with Crippen molar-refractivity contribution < 1.29 is 9.53 Å². The lowest BCUT2D eigenvalue weighted by molar-refractivity contribution is 0.111. The maximum atomic E-state index is 11.0. The summed E-state index contributed by atoms with van der Waals surface area (Å²) in [5.41, 5.74) is 1.48. The van der Waals surface area contributed by atoms with Gasteiger partial charge in [0.05, 0.1) is 24.5 Å². The number of rotatable bonds is 2. The number of carbonyl (C=O) groups is 1. The molecule has 5 heteroatoms. The van der Waals surface area contributed by atoms with Gasteiger partial charge >= 0.3 is 0 Å². The molecule has 2 rings (SSSR count). The quantitative estimate of drug-likeness (QED) is 0.661. The van der Waals surface area contributed by atoms with Crippen molar-refractivity contribution in [2.45, 2.75) is 6.92 Å². The normalized spacial score (nSPS) is 16.8. The van der Waals surface area contributed by atoms with Crippen LogP contribution in [0.15, 0.2) is 0 Å². The van der Waals surface area contributed by atoms with E-state index in [9.17, 15) is 4.79 Å². The number of aromatic nitrogens is 2. The third kappa shape index (κ3) is 1.74. The number of aryl methyl sites for hydroxylation is 2. The summed E-state index contributed by atoms with van der Waals surface area (Å²) < 4.78 is 7.05. The van der Waals surface area contributed by atoms with Gasteiger partial charge in [0.2, 0.25) is 0 Å². The van der Waals surface area contributed by atoms with Crippen LogP contribution in [0.2, 0.25) is 0 Å². The molecular formula is C10H15N3O2. The van der Waals surface area contributed by atoms with Gasteiger partial charge in [-0.15, -0.1) is 0 Å². The first-order valence-corrected chi connectivity index (χ1v) is 5.05. The highest BCUT2D eigenvalue weighted by Gasteiger charge is 2.20. The van der Waals surface area contributed by atoms with Crippen molar-refractivity contribution in [2.24, 2.45) is 7.05 Å². The smallest absolute Gasteiger partial charge is 0.155 e. The third-order valence-electron chi connectivity index (χ3n) is 2.67. The van der Waals surface area contributed by atoms with Gasteiger partial charge in [-0.25, -0.2) is 0 Å². The molecule has 5 nitrogen and oxygen atoms in total. The summed E-state index contributed by atoms with van der Waals surface area (Å²) in [6.45, 7) is 4.92. The first-order valence-electron chi connectivity index (χ1n) is 5.05. The van der Waals surface area contributed by atoms with Gasteiger partial charge in [0, 0.05) is 20.1 Å². The number of hydrogen-bond donors (Lipinski definition) is 0. The third-order valence-corrected chi connectivity index (χ3v) is 2.67. The van der Waals surface area contributed by atoms with Gasteiger partial charge in [-0.05, 0) is 6.92 Å². The van der Waals surface area contributed by atoms with Crippen LogP contribution < -0.4 is 4.90 Å². The Balaban J connectivity index is 2.36. The second kappa shape index (κ2) is 4.02. The van der Waals surface area contributed by atoms with E-state index < -0.39 is 0 Å². The van der Waals surface area contributed by atoms with Crippen LogP contribution in [-0.2, 0) is 11.8 Å². The standard InChI is InChI=1S/C10H15N3O2/c1-8-9(7-14)10(12(2)11-8)13-3-5-15-6-4-13/h7H,3-6H2,1-2H3. The van der Waals surface area contributed by atoms with Crippen LogP contribution in [0.1, 0.15) is 16.1 Å². The molecule has 1 aliphatic heterocycles. The van der Waals surface area contributed by atoms with Crippen molar-refractivity contribution in [2.75, 3.05) is 31.2 Å². The van der Waals surface area contributed by atoms with E-state index >= 15 is 0 Å². The Bertz CT molecular complexity index is 367. The first kappa shape index (κ1) is 10.2. The predicted octanol–water partition coefficient (Wildman–Crippen LogP) is 0.378. The molecule has 2 heterocycles. The predicted molar refractivity (Wildman–Crippen MR) is 56.4 cm³/mol. The topological polar surface area (TPSA) is 47.4 Å². The molecule has 1 fully saturated rings. The molecule has 0 spiro atoms. The molecule has 0 aliphatic carbocycles. The largest absolute Gasteiger partial charge is 0.378 e. The molecule has 0 N–H and O–H groups in total. The Hall–Kier alpha value is -1.36. The highest BCUT2D eigenvalue weighted by atomic mass is 16.5. The molecule has 1 aromatic rings. The minimum atomic E-state index is 0.694. The van der Waals surface area contributed by atoms with Crippen LogP contribution in [-0.4, -0.2) is 42.4 Å². The van der Waals surface area contributed by atoms with E-state index in [1.165, 1.54) is 0 Å². The zero-order chi connectivity index (χ0) is 10.8. The van der Waals surface area contributed by atoms with Crippen molar-refractivity contribution in [1.29, 1.82) is 0 Å². The van der Waals surface area contributed by atoms with E-state index in [0.29, 0.717) is 18.8 Å². The van der Waals surface area contributed by atoms with E-state index in [1.807, 2.05) is 14.0 Å². The van der Waals surface area contributed by atoms with Crippen LogP contribution >= 0.6 is 0 Å². The fourth-order valence-corrected chi connectivity index (χ4v) is 1.95. The second-order valence-corrected chi connectivity index (χ2v) is 3.66. The van der Waals surface area contributed by atoms with E-state index in [0.717, 1.165) is 30.9 Å². The van der Waals surface area contributed by atoms with E-state index in [-0.39, 0.29) is 0 Å². The zero-order valence-electron chi connectivity index (χ0n) is 9.06. The Morgan fingerprint density at radius 3 is 2.67 bits per heavy atom. The maximum Gasteiger partial charge on any atom is 0.155 e. The van der Waals surface area contributed by atoms with Crippen LogP contribution in [0.4, 0.5) is 5.82 Å². The minimum absolute atomic E-state index is 0.694. The number of aldehydes is 1. The molecule has 82 valence electrons. The Kier molecular flexibility index (Phi) is 2.73. The molecular weight excluding hydrogens is 194 g/mol. The highest BCUT2D eigenvalue weighted by molar-refractivity contribution is 5.84. The van der Waals surface area contributed by atoms with Crippen molar-refractivity contribution in [3.05, 3.63) is 11.3 Å². The average Bonchev–Trinajstić information content (AvgIpc) is 2.54. The summed E-state index contributed by atoms with van der Waals surface area (Å²) in [5.74, 6) is 0.908. The van der Waals surface area contributed by atoms with Crippen LogP contribution in [0, 0.1) is 6.92 Å². The number of carbonyl (C=O) groups excluding carboxylic acids is 1. The molecule has 0 radical (unpaired) electrons. The number of anilines is 1. The first-order chi connectivity index (χ1) is 7.24. The molecule has 1 aromatic heterocycles. The van der Waals surface area contributed by atoms with Gasteiger partial charge in [-0.3, -0.25) is 9.48 Å². The molecule has 0 unspecified atom stereocenters. The van der Waals surface area contributed by atoms with E-state index in [4.69, 9.17) is 4.74 Å². The van der Waals surface area contributed by atoms with Crippen molar-refractivity contribution in [3.63, 3.8) is 0 Å². The molecule has 0 saturated carbocycles. The van der Waals surface area contributed by atoms with Crippen molar-refractivity contribution in [3.8, 4) is 0 Å². The molecule has 1 aliphatic rings. The van der Waals surface area contributed by atoms with Crippen molar-refractivity contribution in [1.82, 2.24) is 9.78 Å². The Labute approximate surface area is 88.6 Å². The van der Waals surface area contributed by atoms with Gasteiger partial charge in [-0.1, -0.05) is 0 Å². The van der Waals surface area contributed by atoms with Crippen LogP contribution in [0.25, 0.3) is 0 Å². The Morgan fingerprint density at radius 1 is 1.40 bits per heavy atom. The van der Waals surface area contributed by atoms with Crippen molar-refractivity contribution >= 4 is 12.1 Å². The second-order valence-electron chi connectivity index (χ2n) is 3.66. The summed E-state index contributed by atoms with van der Waals surface area (Å²) >= 11 is 0. The van der Waals surface area contributed by atoms with Gasteiger partial charge in [-0.2, -0.15) is 5.10 Å². The molecule has 0 atom stereocenters. The molecule has 0 bridgehead atoms.